The molecule has 0 aliphatic carbocycles. The lowest BCUT2D eigenvalue weighted by atomic mass is 10.2. The molecular formula is C12H9BrClN3O. The van der Waals surface area contributed by atoms with E-state index in [4.69, 9.17) is 17.3 Å². The second-order valence-corrected chi connectivity index (χ2v) is 4.84. The molecule has 18 heavy (non-hydrogen) atoms. The molecule has 1 heterocycles. The van der Waals surface area contributed by atoms with E-state index in [2.05, 4.69) is 26.2 Å². The summed E-state index contributed by atoms with van der Waals surface area (Å²) in [5.74, 6) is -0.312. The first-order valence-electron chi connectivity index (χ1n) is 5.04. The minimum Gasteiger partial charge on any atom is -0.398 e. The van der Waals surface area contributed by atoms with E-state index in [-0.39, 0.29) is 5.91 Å². The normalized spacial score (nSPS) is 10.1. The molecule has 0 aliphatic heterocycles. The summed E-state index contributed by atoms with van der Waals surface area (Å²) in [5, 5.41) is 3.19. The minimum atomic E-state index is -0.312. The Morgan fingerprint density at radius 3 is 2.72 bits per heavy atom. The summed E-state index contributed by atoms with van der Waals surface area (Å²) in [7, 11) is 0. The van der Waals surface area contributed by atoms with Crippen molar-refractivity contribution in [3.05, 3.63) is 51.7 Å². The predicted molar refractivity (Wildman–Crippen MR) is 75.8 cm³/mol. The Hall–Kier alpha value is -1.59. The Labute approximate surface area is 117 Å². The molecular weight excluding hydrogens is 318 g/mol. The largest absolute Gasteiger partial charge is 0.398 e. The van der Waals surface area contributed by atoms with Crippen LogP contribution in [0.25, 0.3) is 0 Å². The second kappa shape index (κ2) is 5.37. The molecule has 2 aromatic rings. The topological polar surface area (TPSA) is 68.0 Å². The van der Waals surface area contributed by atoms with Crippen LogP contribution in [0.1, 0.15) is 10.5 Å². The maximum Gasteiger partial charge on any atom is 0.274 e. The van der Waals surface area contributed by atoms with Gasteiger partial charge in [-0.3, -0.25) is 4.79 Å². The average molecular weight is 327 g/mol. The van der Waals surface area contributed by atoms with Crippen LogP contribution in [0.4, 0.5) is 11.4 Å². The number of nitrogens with zero attached hydrogens (tertiary/aromatic N) is 1. The fourth-order valence-electron chi connectivity index (χ4n) is 1.33. The third kappa shape index (κ3) is 3.00. The van der Waals surface area contributed by atoms with Gasteiger partial charge in [-0.25, -0.2) is 4.98 Å². The summed E-state index contributed by atoms with van der Waals surface area (Å²) in [6.45, 7) is 0. The highest BCUT2D eigenvalue weighted by Crippen LogP contribution is 2.23. The molecule has 0 bridgehead atoms. The maximum atomic E-state index is 11.9. The number of carbonyl (C=O) groups excluding carboxylic acids is 1. The molecule has 0 spiro atoms. The molecule has 0 radical (unpaired) electrons. The van der Waals surface area contributed by atoms with Gasteiger partial charge in [0, 0.05) is 22.0 Å². The van der Waals surface area contributed by atoms with Gasteiger partial charge in [-0.15, -0.1) is 0 Å². The fourth-order valence-corrected chi connectivity index (χ4v) is 1.69. The number of carbonyl (C=O) groups is 1. The number of nitrogens with one attached hydrogen (secondary N) is 1. The number of aromatic nitrogens is 1. The van der Waals surface area contributed by atoms with Gasteiger partial charge in [0.1, 0.15) is 5.69 Å². The molecule has 0 unspecified atom stereocenters. The molecule has 1 aromatic heterocycles. The number of nitrogen functional groups attached to an aromatic ring is 1. The second-order valence-electron chi connectivity index (χ2n) is 3.55. The van der Waals surface area contributed by atoms with Gasteiger partial charge in [0.05, 0.1) is 5.02 Å². The SMILES string of the molecule is Nc1cc(NC(=O)c2ccc(Cl)cn2)ccc1Br. The molecule has 0 saturated heterocycles. The van der Waals surface area contributed by atoms with E-state index in [1.807, 2.05) is 0 Å². The fraction of sp³-hybridized carbons (Fsp3) is 0. The Kier molecular flexibility index (Phi) is 3.84. The number of nitrogens with two attached hydrogens (primary N) is 1. The molecule has 1 aromatic carbocycles. The van der Waals surface area contributed by atoms with Crippen LogP contribution in [-0.2, 0) is 0 Å². The van der Waals surface area contributed by atoms with E-state index in [1.54, 1.807) is 30.3 Å². The summed E-state index contributed by atoms with van der Waals surface area (Å²) < 4.78 is 0.783. The van der Waals surface area contributed by atoms with Gasteiger partial charge >= 0.3 is 0 Å². The number of rotatable bonds is 2. The van der Waals surface area contributed by atoms with Gasteiger partial charge in [-0.05, 0) is 46.3 Å². The van der Waals surface area contributed by atoms with Gasteiger partial charge in [-0.2, -0.15) is 0 Å². The van der Waals surface area contributed by atoms with E-state index < -0.39 is 0 Å². The monoisotopic (exact) mass is 325 g/mol. The number of amides is 1. The molecule has 4 nitrogen and oxygen atoms in total. The van der Waals surface area contributed by atoms with Gasteiger partial charge in [0.25, 0.3) is 5.91 Å². The molecule has 1 amide bonds. The van der Waals surface area contributed by atoms with Crippen molar-refractivity contribution in [2.24, 2.45) is 0 Å². The van der Waals surface area contributed by atoms with Crippen molar-refractivity contribution in [2.45, 2.75) is 0 Å². The third-order valence-corrected chi connectivity index (χ3v) is 3.16. The summed E-state index contributed by atoms with van der Waals surface area (Å²) >= 11 is 8.98. The van der Waals surface area contributed by atoms with Gasteiger partial charge in [-0.1, -0.05) is 11.6 Å². The number of anilines is 2. The van der Waals surface area contributed by atoms with Crippen molar-refractivity contribution in [3.63, 3.8) is 0 Å². The highest BCUT2D eigenvalue weighted by Gasteiger charge is 2.08. The number of hydrogen-bond donors (Lipinski definition) is 2. The van der Waals surface area contributed by atoms with Crippen LogP contribution >= 0.6 is 27.5 Å². The predicted octanol–water partition coefficient (Wildman–Crippen LogP) is 3.33. The molecule has 0 aliphatic rings. The van der Waals surface area contributed by atoms with E-state index in [1.165, 1.54) is 6.20 Å². The van der Waals surface area contributed by atoms with E-state index >= 15 is 0 Å². The molecule has 92 valence electrons. The zero-order valence-electron chi connectivity index (χ0n) is 9.15. The Morgan fingerprint density at radius 1 is 1.33 bits per heavy atom. The van der Waals surface area contributed by atoms with Crippen LogP contribution < -0.4 is 11.1 Å². The van der Waals surface area contributed by atoms with Crippen LogP contribution in [0, 0.1) is 0 Å². The van der Waals surface area contributed by atoms with Crippen molar-refractivity contribution < 1.29 is 4.79 Å². The zero-order chi connectivity index (χ0) is 13.1. The van der Waals surface area contributed by atoms with Gasteiger partial charge in [0.15, 0.2) is 0 Å². The van der Waals surface area contributed by atoms with E-state index in [0.29, 0.717) is 22.1 Å². The highest BCUT2D eigenvalue weighted by molar-refractivity contribution is 9.10. The number of pyridine rings is 1. The number of benzene rings is 1. The molecule has 0 atom stereocenters. The lowest BCUT2D eigenvalue weighted by molar-refractivity contribution is 0.102. The number of hydrogen-bond acceptors (Lipinski definition) is 3. The smallest absolute Gasteiger partial charge is 0.274 e. The van der Waals surface area contributed by atoms with Crippen LogP contribution in [-0.4, -0.2) is 10.9 Å². The quantitative estimate of drug-likeness (QED) is 0.832. The van der Waals surface area contributed by atoms with Crippen LogP contribution in [0.3, 0.4) is 0 Å². The summed E-state index contributed by atoms with van der Waals surface area (Å²) in [5.41, 5.74) is 7.18. The Bertz CT molecular complexity index is 586. The summed E-state index contributed by atoms with van der Waals surface area (Å²) in [6, 6.07) is 8.34. The van der Waals surface area contributed by atoms with Crippen molar-refractivity contribution in [2.75, 3.05) is 11.1 Å². The average Bonchev–Trinajstić information content (AvgIpc) is 2.34. The Morgan fingerprint density at radius 2 is 2.11 bits per heavy atom. The van der Waals surface area contributed by atoms with Crippen molar-refractivity contribution in [1.29, 1.82) is 0 Å². The standard InChI is InChI=1S/C12H9BrClN3O/c13-9-3-2-8(5-10(9)15)17-12(18)11-4-1-7(14)6-16-11/h1-6H,15H2,(H,17,18). The van der Waals surface area contributed by atoms with Crippen molar-refractivity contribution in [1.82, 2.24) is 4.98 Å². The first-order chi connectivity index (χ1) is 8.56. The zero-order valence-corrected chi connectivity index (χ0v) is 11.5. The molecule has 0 fully saturated rings. The molecule has 2 rings (SSSR count). The van der Waals surface area contributed by atoms with Crippen LogP contribution in [0.15, 0.2) is 41.0 Å². The van der Waals surface area contributed by atoms with Crippen molar-refractivity contribution in [3.8, 4) is 0 Å². The third-order valence-electron chi connectivity index (χ3n) is 2.21. The lowest BCUT2D eigenvalue weighted by Gasteiger charge is -2.06. The maximum absolute atomic E-state index is 11.9. The molecule has 3 N–H and O–H groups in total. The van der Waals surface area contributed by atoms with E-state index in [9.17, 15) is 4.79 Å². The highest BCUT2D eigenvalue weighted by atomic mass is 79.9. The van der Waals surface area contributed by atoms with Crippen LogP contribution in [0.5, 0.6) is 0 Å². The number of halogens is 2. The van der Waals surface area contributed by atoms with E-state index in [0.717, 1.165) is 4.47 Å². The molecule has 0 saturated carbocycles. The van der Waals surface area contributed by atoms with Crippen molar-refractivity contribution >= 4 is 44.8 Å². The van der Waals surface area contributed by atoms with Gasteiger partial charge < -0.3 is 11.1 Å². The molecule has 6 heteroatoms. The first-order valence-corrected chi connectivity index (χ1v) is 6.21. The minimum absolute atomic E-state index is 0.292. The summed E-state index contributed by atoms with van der Waals surface area (Å²) in [4.78, 5) is 15.8. The first kappa shape index (κ1) is 12.9. The van der Waals surface area contributed by atoms with Gasteiger partial charge in [0.2, 0.25) is 0 Å². The lowest BCUT2D eigenvalue weighted by Crippen LogP contribution is -2.13. The summed E-state index contributed by atoms with van der Waals surface area (Å²) in [6.07, 6.45) is 1.42. The van der Waals surface area contributed by atoms with Crippen LogP contribution in [0.2, 0.25) is 5.02 Å². The Balaban J connectivity index is 2.16.